The van der Waals surface area contributed by atoms with Crippen LogP contribution in [-0.4, -0.2) is 36.4 Å². The fraction of sp³-hybridized carbons (Fsp3) is 0.200. The SMILES string of the molecule is COc1ccc(S(=O)(=O)N(C)C(C)c2nc3cc(Cl)ccc3c(=O)n2-c2ccc(C)cc2)cc1. The summed E-state index contributed by atoms with van der Waals surface area (Å²) >= 11 is 6.15. The summed E-state index contributed by atoms with van der Waals surface area (Å²) in [5, 5.41) is 0.826. The Hall–Kier alpha value is -3.20. The molecule has 0 aliphatic carbocycles. The van der Waals surface area contributed by atoms with Crippen LogP contribution in [0.1, 0.15) is 24.4 Å². The highest BCUT2D eigenvalue weighted by Crippen LogP contribution is 2.28. The first-order valence-electron chi connectivity index (χ1n) is 10.5. The normalized spacial score (nSPS) is 12.8. The molecule has 34 heavy (non-hydrogen) atoms. The van der Waals surface area contributed by atoms with E-state index in [0.717, 1.165) is 5.56 Å². The minimum Gasteiger partial charge on any atom is -0.497 e. The van der Waals surface area contributed by atoms with Crippen molar-refractivity contribution in [3.63, 3.8) is 0 Å². The van der Waals surface area contributed by atoms with E-state index in [9.17, 15) is 13.2 Å². The summed E-state index contributed by atoms with van der Waals surface area (Å²) in [5.74, 6) is 0.833. The lowest BCUT2D eigenvalue weighted by atomic mass is 10.2. The topological polar surface area (TPSA) is 81.5 Å². The van der Waals surface area contributed by atoms with Gasteiger partial charge in [0, 0.05) is 12.1 Å². The van der Waals surface area contributed by atoms with Gasteiger partial charge in [-0.25, -0.2) is 13.4 Å². The Balaban J connectivity index is 1.90. The third-order valence-electron chi connectivity index (χ3n) is 5.81. The predicted molar refractivity (Wildman–Crippen MR) is 133 cm³/mol. The molecule has 0 aliphatic heterocycles. The molecule has 0 saturated carbocycles. The van der Waals surface area contributed by atoms with Crippen molar-refractivity contribution in [1.82, 2.24) is 13.9 Å². The highest BCUT2D eigenvalue weighted by atomic mass is 35.5. The Kier molecular flexibility index (Phi) is 6.49. The number of methoxy groups -OCH3 is 1. The van der Waals surface area contributed by atoms with Gasteiger partial charge in [0.05, 0.1) is 34.6 Å². The zero-order valence-corrected chi connectivity index (χ0v) is 20.8. The molecular formula is C25H24ClN3O4S. The molecule has 1 atom stereocenters. The number of fused-ring (bicyclic) bond motifs is 1. The van der Waals surface area contributed by atoms with E-state index in [4.69, 9.17) is 21.3 Å². The summed E-state index contributed by atoms with van der Waals surface area (Å²) in [7, 11) is -0.911. The van der Waals surface area contributed by atoms with Gasteiger partial charge in [-0.2, -0.15) is 4.31 Å². The van der Waals surface area contributed by atoms with Gasteiger partial charge >= 0.3 is 0 Å². The van der Waals surface area contributed by atoms with Crippen molar-refractivity contribution in [2.24, 2.45) is 0 Å². The number of ether oxygens (including phenoxy) is 1. The summed E-state index contributed by atoms with van der Waals surface area (Å²) in [6.07, 6.45) is 0. The average Bonchev–Trinajstić information content (AvgIpc) is 2.83. The van der Waals surface area contributed by atoms with Crippen molar-refractivity contribution in [2.75, 3.05) is 14.2 Å². The van der Waals surface area contributed by atoms with Crippen LogP contribution in [0.5, 0.6) is 5.75 Å². The molecule has 176 valence electrons. The van der Waals surface area contributed by atoms with Gasteiger partial charge in [-0.3, -0.25) is 9.36 Å². The van der Waals surface area contributed by atoms with Crippen LogP contribution in [0.15, 0.2) is 76.4 Å². The number of benzene rings is 3. The molecule has 0 radical (unpaired) electrons. The van der Waals surface area contributed by atoms with E-state index in [1.54, 1.807) is 37.3 Å². The molecule has 9 heteroatoms. The number of rotatable bonds is 6. The fourth-order valence-corrected chi connectivity index (χ4v) is 5.17. The van der Waals surface area contributed by atoms with Gasteiger partial charge in [-0.15, -0.1) is 0 Å². The number of sulfonamides is 1. The van der Waals surface area contributed by atoms with Gasteiger partial charge in [-0.1, -0.05) is 29.3 Å². The molecule has 3 aromatic carbocycles. The molecule has 1 aromatic heterocycles. The maximum Gasteiger partial charge on any atom is 0.266 e. The minimum absolute atomic E-state index is 0.107. The predicted octanol–water partition coefficient (Wildman–Crippen LogP) is 4.74. The van der Waals surface area contributed by atoms with E-state index in [-0.39, 0.29) is 16.3 Å². The number of aromatic nitrogens is 2. The molecule has 0 aliphatic rings. The van der Waals surface area contributed by atoms with Crippen molar-refractivity contribution < 1.29 is 13.2 Å². The molecule has 7 nitrogen and oxygen atoms in total. The van der Waals surface area contributed by atoms with Crippen LogP contribution >= 0.6 is 11.6 Å². The Bertz CT molecular complexity index is 1520. The Labute approximate surface area is 203 Å². The zero-order chi connectivity index (χ0) is 24.6. The van der Waals surface area contributed by atoms with E-state index < -0.39 is 16.1 Å². The number of aryl methyl sites for hydroxylation is 1. The highest BCUT2D eigenvalue weighted by Gasteiger charge is 2.30. The highest BCUT2D eigenvalue weighted by molar-refractivity contribution is 7.89. The van der Waals surface area contributed by atoms with Crippen LogP contribution < -0.4 is 10.3 Å². The maximum absolute atomic E-state index is 13.6. The molecule has 0 bridgehead atoms. The molecular weight excluding hydrogens is 474 g/mol. The minimum atomic E-state index is -3.89. The molecule has 0 fully saturated rings. The lowest BCUT2D eigenvalue weighted by molar-refractivity contribution is 0.379. The second kappa shape index (κ2) is 9.21. The summed E-state index contributed by atoms with van der Waals surface area (Å²) in [5.41, 5.74) is 1.73. The third-order valence-corrected chi connectivity index (χ3v) is 7.98. The second-order valence-corrected chi connectivity index (χ2v) is 10.4. The fourth-order valence-electron chi connectivity index (χ4n) is 3.68. The summed E-state index contributed by atoms with van der Waals surface area (Å²) in [6, 6.07) is 17.6. The third kappa shape index (κ3) is 4.32. The first-order chi connectivity index (χ1) is 16.1. The number of hydrogen-bond donors (Lipinski definition) is 0. The van der Waals surface area contributed by atoms with E-state index in [2.05, 4.69) is 0 Å². The van der Waals surface area contributed by atoms with Gasteiger partial charge in [-0.05, 0) is 68.4 Å². The first kappa shape index (κ1) is 23.9. The molecule has 4 aromatic rings. The van der Waals surface area contributed by atoms with Crippen molar-refractivity contribution in [3.05, 3.63) is 93.5 Å². The maximum atomic E-state index is 13.6. The molecule has 1 heterocycles. The monoisotopic (exact) mass is 497 g/mol. The molecule has 4 rings (SSSR count). The van der Waals surface area contributed by atoms with Crippen LogP contribution in [0.25, 0.3) is 16.6 Å². The van der Waals surface area contributed by atoms with Crippen LogP contribution in [-0.2, 0) is 10.0 Å². The standard InChI is InChI=1S/C25H24ClN3O4S/c1-16-5-8-19(9-6-16)29-24(27-23-15-18(26)7-14-22(23)25(29)30)17(2)28(3)34(31,32)21-12-10-20(33-4)11-13-21/h5-15,17H,1-4H3. The quantitative estimate of drug-likeness (QED) is 0.384. The lowest BCUT2D eigenvalue weighted by Gasteiger charge is -2.26. The van der Waals surface area contributed by atoms with Crippen molar-refractivity contribution >= 4 is 32.5 Å². The largest absolute Gasteiger partial charge is 0.497 e. The zero-order valence-electron chi connectivity index (χ0n) is 19.2. The molecule has 1 unspecified atom stereocenters. The average molecular weight is 498 g/mol. The van der Waals surface area contributed by atoms with Crippen molar-refractivity contribution in [2.45, 2.75) is 24.8 Å². The van der Waals surface area contributed by atoms with Crippen molar-refractivity contribution in [1.29, 1.82) is 0 Å². The lowest BCUT2D eigenvalue weighted by Crippen LogP contribution is -2.35. The molecule has 0 saturated heterocycles. The van der Waals surface area contributed by atoms with E-state index in [0.29, 0.717) is 27.4 Å². The Morgan fingerprint density at radius 1 is 1.03 bits per heavy atom. The van der Waals surface area contributed by atoms with Gasteiger partial charge in [0.15, 0.2) is 0 Å². The van der Waals surface area contributed by atoms with Crippen LogP contribution in [0.2, 0.25) is 5.02 Å². The molecule has 0 N–H and O–H groups in total. The number of nitrogens with zero attached hydrogens (tertiary/aromatic N) is 3. The number of hydrogen-bond acceptors (Lipinski definition) is 5. The van der Waals surface area contributed by atoms with E-state index >= 15 is 0 Å². The second-order valence-electron chi connectivity index (χ2n) is 7.98. The first-order valence-corrected chi connectivity index (χ1v) is 12.4. The van der Waals surface area contributed by atoms with Gasteiger partial charge < -0.3 is 4.74 Å². The molecule has 0 amide bonds. The van der Waals surface area contributed by atoms with Gasteiger partial charge in [0.2, 0.25) is 10.0 Å². The van der Waals surface area contributed by atoms with Crippen LogP contribution in [0, 0.1) is 6.92 Å². The summed E-state index contributed by atoms with van der Waals surface area (Å²) in [4.78, 5) is 18.4. The number of halogens is 1. The summed E-state index contributed by atoms with van der Waals surface area (Å²) < 4.78 is 34.6. The van der Waals surface area contributed by atoms with E-state index in [1.807, 2.05) is 31.2 Å². The molecule has 0 spiro atoms. The Morgan fingerprint density at radius 3 is 2.29 bits per heavy atom. The van der Waals surface area contributed by atoms with Crippen LogP contribution in [0.4, 0.5) is 0 Å². The Morgan fingerprint density at radius 2 is 1.68 bits per heavy atom. The van der Waals surface area contributed by atoms with Gasteiger partial charge in [0.25, 0.3) is 5.56 Å². The van der Waals surface area contributed by atoms with E-state index in [1.165, 1.54) is 35.2 Å². The van der Waals surface area contributed by atoms with Crippen LogP contribution in [0.3, 0.4) is 0 Å². The smallest absolute Gasteiger partial charge is 0.266 e. The van der Waals surface area contributed by atoms with Gasteiger partial charge in [0.1, 0.15) is 11.6 Å². The summed E-state index contributed by atoms with van der Waals surface area (Å²) in [6.45, 7) is 3.65. The van der Waals surface area contributed by atoms with Crippen molar-refractivity contribution in [3.8, 4) is 11.4 Å².